The first-order chi connectivity index (χ1) is 9.19. The van der Waals surface area contributed by atoms with Gasteiger partial charge in [-0.05, 0) is 45.4 Å². The monoisotopic (exact) mass is 301 g/mol. The maximum atomic E-state index is 12.2. The summed E-state index contributed by atoms with van der Waals surface area (Å²) in [6, 6.07) is 4.51. The van der Waals surface area contributed by atoms with Crippen molar-refractivity contribution < 1.29 is 18.3 Å². The third-order valence-electron chi connectivity index (χ3n) is 2.41. The topological polar surface area (TPSA) is 75.6 Å². The van der Waals surface area contributed by atoms with Gasteiger partial charge < -0.3 is 9.84 Å². The number of nitrogens with one attached hydrogen (secondary N) is 1. The Kier molecular flexibility index (Phi) is 5.56. The first kappa shape index (κ1) is 16.9. The van der Waals surface area contributed by atoms with E-state index in [1.54, 1.807) is 26.8 Å². The van der Waals surface area contributed by atoms with Gasteiger partial charge in [0.15, 0.2) is 0 Å². The van der Waals surface area contributed by atoms with Crippen LogP contribution in [0.5, 0.6) is 5.75 Å². The molecule has 0 saturated heterocycles. The molecule has 0 aliphatic rings. The highest BCUT2D eigenvalue weighted by Gasteiger charge is 2.22. The first-order valence-electron chi connectivity index (χ1n) is 6.60. The van der Waals surface area contributed by atoms with Crippen LogP contribution in [0.25, 0.3) is 0 Å². The SMILES string of the molecule is CCCOc1ccc(S(=O)(=O)NC(C)(C)C)cc1CO. The summed E-state index contributed by atoms with van der Waals surface area (Å²) >= 11 is 0. The van der Waals surface area contributed by atoms with E-state index < -0.39 is 15.6 Å². The largest absolute Gasteiger partial charge is 0.493 e. The Labute approximate surface area is 121 Å². The summed E-state index contributed by atoms with van der Waals surface area (Å²) < 4.78 is 32.5. The van der Waals surface area contributed by atoms with Gasteiger partial charge in [-0.25, -0.2) is 13.1 Å². The van der Waals surface area contributed by atoms with Crippen molar-refractivity contribution in [1.82, 2.24) is 4.72 Å². The van der Waals surface area contributed by atoms with Crippen LogP contribution in [0, 0.1) is 0 Å². The number of hydrogen-bond acceptors (Lipinski definition) is 4. The van der Waals surface area contributed by atoms with Crippen LogP contribution < -0.4 is 9.46 Å². The standard InChI is InChI=1S/C14H23NO4S/c1-5-8-19-13-7-6-12(9-11(13)10-16)20(17,18)15-14(2,3)4/h6-7,9,15-16H,5,8,10H2,1-4H3. The van der Waals surface area contributed by atoms with Gasteiger partial charge in [0.2, 0.25) is 10.0 Å². The van der Waals surface area contributed by atoms with Crippen LogP contribution in [-0.2, 0) is 16.6 Å². The Morgan fingerprint density at radius 1 is 1.30 bits per heavy atom. The van der Waals surface area contributed by atoms with E-state index in [9.17, 15) is 13.5 Å². The summed E-state index contributed by atoms with van der Waals surface area (Å²) in [6.07, 6.45) is 0.844. The number of rotatable bonds is 6. The highest BCUT2D eigenvalue weighted by Crippen LogP contribution is 2.23. The molecule has 1 rings (SSSR count). The normalized spacial score (nSPS) is 12.4. The smallest absolute Gasteiger partial charge is 0.241 e. The molecule has 5 nitrogen and oxygen atoms in total. The van der Waals surface area contributed by atoms with Gasteiger partial charge in [0.1, 0.15) is 5.75 Å². The molecule has 0 aliphatic heterocycles. The number of sulfonamides is 1. The Morgan fingerprint density at radius 2 is 1.95 bits per heavy atom. The fraction of sp³-hybridized carbons (Fsp3) is 0.571. The molecule has 0 aromatic heterocycles. The summed E-state index contributed by atoms with van der Waals surface area (Å²) in [6.45, 7) is 7.56. The van der Waals surface area contributed by atoms with Gasteiger partial charge in [-0.15, -0.1) is 0 Å². The second-order valence-electron chi connectivity index (χ2n) is 5.63. The second-order valence-corrected chi connectivity index (χ2v) is 7.31. The maximum absolute atomic E-state index is 12.2. The number of hydrogen-bond donors (Lipinski definition) is 2. The van der Waals surface area contributed by atoms with Crippen LogP contribution >= 0.6 is 0 Å². The molecule has 2 N–H and O–H groups in total. The van der Waals surface area contributed by atoms with Crippen LogP contribution in [0.1, 0.15) is 39.7 Å². The van der Waals surface area contributed by atoms with Gasteiger partial charge >= 0.3 is 0 Å². The minimum absolute atomic E-state index is 0.125. The molecule has 0 aliphatic carbocycles. The average Bonchev–Trinajstić information content (AvgIpc) is 2.33. The van der Waals surface area contributed by atoms with Gasteiger partial charge in [0.05, 0.1) is 18.1 Å². The van der Waals surface area contributed by atoms with Gasteiger partial charge in [-0.3, -0.25) is 0 Å². The number of ether oxygens (including phenoxy) is 1. The third kappa shape index (κ3) is 4.77. The Balaban J connectivity index is 3.09. The quantitative estimate of drug-likeness (QED) is 0.843. The van der Waals surface area contributed by atoms with Crippen molar-refractivity contribution >= 4 is 10.0 Å². The predicted molar refractivity (Wildman–Crippen MR) is 78.2 cm³/mol. The van der Waals surface area contributed by atoms with Crippen LogP contribution in [0.3, 0.4) is 0 Å². The van der Waals surface area contributed by atoms with Crippen molar-refractivity contribution in [1.29, 1.82) is 0 Å². The molecule has 0 saturated carbocycles. The van der Waals surface area contributed by atoms with Crippen molar-refractivity contribution in [3.05, 3.63) is 23.8 Å². The van der Waals surface area contributed by atoms with Gasteiger partial charge in [-0.1, -0.05) is 6.92 Å². The lowest BCUT2D eigenvalue weighted by Crippen LogP contribution is -2.40. The van der Waals surface area contributed by atoms with E-state index in [1.165, 1.54) is 12.1 Å². The lowest BCUT2D eigenvalue weighted by atomic mass is 10.1. The van der Waals surface area contributed by atoms with Crippen molar-refractivity contribution in [2.24, 2.45) is 0 Å². The minimum atomic E-state index is -3.60. The Morgan fingerprint density at radius 3 is 2.45 bits per heavy atom. The highest BCUT2D eigenvalue weighted by molar-refractivity contribution is 7.89. The van der Waals surface area contributed by atoms with Crippen LogP contribution in [0.15, 0.2) is 23.1 Å². The number of aliphatic hydroxyl groups excluding tert-OH is 1. The second kappa shape index (κ2) is 6.56. The molecule has 20 heavy (non-hydrogen) atoms. The molecule has 0 fully saturated rings. The molecule has 6 heteroatoms. The lowest BCUT2D eigenvalue weighted by Gasteiger charge is -2.21. The molecular formula is C14H23NO4S. The van der Waals surface area contributed by atoms with Crippen LogP contribution in [0.4, 0.5) is 0 Å². The predicted octanol–water partition coefficient (Wildman–Crippen LogP) is 2.04. The van der Waals surface area contributed by atoms with E-state index in [-0.39, 0.29) is 11.5 Å². The van der Waals surface area contributed by atoms with Crippen LogP contribution in [-0.4, -0.2) is 25.7 Å². The summed E-state index contributed by atoms with van der Waals surface area (Å²) in [5.74, 6) is 0.518. The lowest BCUT2D eigenvalue weighted by molar-refractivity contribution is 0.262. The number of aliphatic hydroxyl groups is 1. The molecule has 0 amide bonds. The molecule has 114 valence electrons. The van der Waals surface area contributed by atoms with Gasteiger partial charge in [0, 0.05) is 11.1 Å². The Hall–Kier alpha value is -1.11. The maximum Gasteiger partial charge on any atom is 0.241 e. The van der Waals surface area contributed by atoms with Crippen molar-refractivity contribution in [2.45, 2.75) is 51.2 Å². The summed E-state index contributed by atoms with van der Waals surface area (Å²) in [5.41, 5.74) is -0.0921. The molecule has 0 bridgehead atoms. The highest BCUT2D eigenvalue weighted by atomic mass is 32.2. The average molecular weight is 301 g/mol. The molecule has 0 atom stereocenters. The minimum Gasteiger partial charge on any atom is -0.493 e. The molecule has 0 unspecified atom stereocenters. The van der Waals surface area contributed by atoms with Crippen LogP contribution in [0.2, 0.25) is 0 Å². The molecule has 0 spiro atoms. The van der Waals surface area contributed by atoms with E-state index in [0.717, 1.165) is 6.42 Å². The van der Waals surface area contributed by atoms with E-state index >= 15 is 0 Å². The molecule has 0 radical (unpaired) electrons. The van der Waals surface area contributed by atoms with Gasteiger partial charge in [-0.2, -0.15) is 0 Å². The molecule has 0 heterocycles. The van der Waals surface area contributed by atoms with Crippen molar-refractivity contribution in [3.63, 3.8) is 0 Å². The third-order valence-corrected chi connectivity index (χ3v) is 4.17. The fourth-order valence-electron chi connectivity index (χ4n) is 1.66. The number of benzene rings is 1. The fourth-order valence-corrected chi connectivity index (χ4v) is 3.13. The van der Waals surface area contributed by atoms with Crippen molar-refractivity contribution in [3.8, 4) is 5.75 Å². The van der Waals surface area contributed by atoms with E-state index in [2.05, 4.69) is 4.72 Å². The van der Waals surface area contributed by atoms with Crippen molar-refractivity contribution in [2.75, 3.05) is 6.61 Å². The summed E-state index contributed by atoms with van der Waals surface area (Å²) in [4.78, 5) is 0.125. The summed E-state index contributed by atoms with van der Waals surface area (Å²) in [5, 5.41) is 9.35. The zero-order chi connectivity index (χ0) is 15.4. The first-order valence-corrected chi connectivity index (χ1v) is 8.08. The summed E-state index contributed by atoms with van der Waals surface area (Å²) in [7, 11) is -3.60. The zero-order valence-corrected chi connectivity index (χ0v) is 13.3. The Bertz CT molecular complexity index is 547. The molecule has 1 aromatic rings. The van der Waals surface area contributed by atoms with Gasteiger partial charge in [0.25, 0.3) is 0 Å². The zero-order valence-electron chi connectivity index (χ0n) is 12.4. The molecule has 1 aromatic carbocycles. The van der Waals surface area contributed by atoms with E-state index in [0.29, 0.717) is 17.9 Å². The van der Waals surface area contributed by atoms with E-state index in [4.69, 9.17) is 4.74 Å². The van der Waals surface area contributed by atoms with E-state index in [1.807, 2.05) is 6.92 Å². The molecular weight excluding hydrogens is 278 g/mol.